The first kappa shape index (κ1) is 19.9. The maximum absolute atomic E-state index is 12.6. The molecule has 0 spiro atoms. The molecular formula is C20H16ClNO5S. The molecule has 1 atom stereocenters. The number of alkyl halides is 1. The summed E-state index contributed by atoms with van der Waals surface area (Å²) in [5.41, 5.74) is 0.703. The van der Waals surface area contributed by atoms with Crippen LogP contribution in [0.4, 0.5) is 5.69 Å². The minimum atomic E-state index is -3.57. The van der Waals surface area contributed by atoms with E-state index in [0.717, 1.165) is 5.56 Å². The van der Waals surface area contributed by atoms with Crippen molar-refractivity contribution in [2.75, 3.05) is 5.75 Å². The van der Waals surface area contributed by atoms with E-state index < -0.39 is 20.1 Å². The number of nitrogens with zero attached hydrogens (tertiary/aromatic N) is 1. The van der Waals surface area contributed by atoms with Crippen LogP contribution in [-0.2, 0) is 9.84 Å². The maximum atomic E-state index is 12.6. The van der Waals surface area contributed by atoms with E-state index in [9.17, 15) is 18.5 Å². The van der Waals surface area contributed by atoms with Crippen molar-refractivity contribution in [3.8, 4) is 11.5 Å². The molecule has 0 aromatic heterocycles. The van der Waals surface area contributed by atoms with Crippen molar-refractivity contribution in [3.05, 3.63) is 94.5 Å². The van der Waals surface area contributed by atoms with E-state index in [2.05, 4.69) is 0 Å². The predicted octanol–water partition coefficient (Wildman–Crippen LogP) is 5.14. The molecule has 0 fully saturated rings. The number of halogens is 1. The Bertz CT molecular complexity index is 1050. The average molecular weight is 418 g/mol. The number of ether oxygens (including phenoxy) is 1. The summed E-state index contributed by atoms with van der Waals surface area (Å²) < 4.78 is 30.8. The fourth-order valence-corrected chi connectivity index (χ4v) is 4.50. The van der Waals surface area contributed by atoms with E-state index in [1.54, 1.807) is 12.1 Å². The molecule has 0 saturated heterocycles. The van der Waals surface area contributed by atoms with Gasteiger partial charge in [0.05, 0.1) is 20.9 Å². The molecule has 8 heteroatoms. The van der Waals surface area contributed by atoms with Crippen molar-refractivity contribution in [1.29, 1.82) is 0 Å². The molecule has 3 rings (SSSR count). The summed E-state index contributed by atoms with van der Waals surface area (Å²) in [5, 5.41) is 10.0. The molecule has 3 aromatic rings. The van der Waals surface area contributed by atoms with Gasteiger partial charge >= 0.3 is 0 Å². The number of sulfone groups is 1. The molecule has 0 bridgehead atoms. The highest BCUT2D eigenvalue weighted by molar-refractivity contribution is 7.91. The van der Waals surface area contributed by atoms with Gasteiger partial charge in [0.25, 0.3) is 5.69 Å². The normalized spacial score (nSPS) is 12.3. The van der Waals surface area contributed by atoms with Crippen LogP contribution in [0.5, 0.6) is 11.5 Å². The van der Waals surface area contributed by atoms with E-state index in [-0.39, 0.29) is 16.3 Å². The second kappa shape index (κ2) is 8.41. The monoisotopic (exact) mass is 417 g/mol. The lowest BCUT2D eigenvalue weighted by molar-refractivity contribution is -0.384. The van der Waals surface area contributed by atoms with Crippen LogP contribution < -0.4 is 4.74 Å². The average Bonchev–Trinajstić information content (AvgIpc) is 2.69. The zero-order valence-corrected chi connectivity index (χ0v) is 16.1. The lowest BCUT2D eigenvalue weighted by Gasteiger charge is -2.11. The third kappa shape index (κ3) is 4.88. The number of benzene rings is 3. The van der Waals surface area contributed by atoms with Crippen molar-refractivity contribution in [3.63, 3.8) is 0 Å². The van der Waals surface area contributed by atoms with Gasteiger partial charge in [0.1, 0.15) is 11.5 Å². The van der Waals surface area contributed by atoms with E-state index in [1.165, 1.54) is 48.5 Å². The number of rotatable bonds is 7. The standard InChI is InChI=1S/C20H16ClNO5S/c21-20(15-4-2-1-3-5-15)14-28(25,26)19-12-10-18(11-13-19)27-17-8-6-16(7-9-17)22(23)24/h1-13,20H,14H2/t20-/m0/s1. The molecule has 0 heterocycles. The molecule has 0 saturated carbocycles. The van der Waals surface area contributed by atoms with Crippen LogP contribution in [0.3, 0.4) is 0 Å². The minimum absolute atomic E-state index is 0.0390. The Hall–Kier alpha value is -2.90. The van der Waals surface area contributed by atoms with Gasteiger partial charge in [-0.3, -0.25) is 10.1 Å². The van der Waals surface area contributed by atoms with Gasteiger partial charge in [0, 0.05) is 12.1 Å². The Labute approximate surface area is 167 Å². The molecule has 28 heavy (non-hydrogen) atoms. The zero-order valence-electron chi connectivity index (χ0n) is 14.6. The number of hydrogen-bond donors (Lipinski definition) is 0. The first-order valence-corrected chi connectivity index (χ1v) is 10.4. The largest absolute Gasteiger partial charge is 0.457 e. The second-order valence-corrected chi connectivity index (χ2v) is 8.55. The van der Waals surface area contributed by atoms with Crippen LogP contribution in [0.2, 0.25) is 0 Å². The highest BCUT2D eigenvalue weighted by Crippen LogP contribution is 2.28. The second-order valence-electron chi connectivity index (χ2n) is 5.98. The molecule has 3 aromatic carbocycles. The molecule has 0 N–H and O–H groups in total. The molecule has 0 aliphatic heterocycles. The molecule has 0 unspecified atom stereocenters. The topological polar surface area (TPSA) is 86.5 Å². The fraction of sp³-hybridized carbons (Fsp3) is 0.100. The van der Waals surface area contributed by atoms with Crippen LogP contribution >= 0.6 is 11.6 Å². The number of hydrogen-bond acceptors (Lipinski definition) is 5. The summed E-state index contributed by atoms with van der Waals surface area (Å²) in [6.07, 6.45) is 0. The highest BCUT2D eigenvalue weighted by Gasteiger charge is 2.21. The van der Waals surface area contributed by atoms with E-state index in [1.807, 2.05) is 18.2 Å². The Balaban J connectivity index is 1.69. The summed E-state index contributed by atoms with van der Waals surface area (Å²) in [6, 6.07) is 20.6. The van der Waals surface area contributed by atoms with E-state index in [4.69, 9.17) is 16.3 Å². The summed E-state index contributed by atoms with van der Waals surface area (Å²) in [4.78, 5) is 10.3. The van der Waals surface area contributed by atoms with Crippen LogP contribution in [0.15, 0.2) is 83.8 Å². The van der Waals surface area contributed by atoms with Crippen LogP contribution in [-0.4, -0.2) is 19.1 Å². The van der Waals surface area contributed by atoms with Gasteiger partial charge in [-0.25, -0.2) is 8.42 Å². The van der Waals surface area contributed by atoms with Gasteiger partial charge in [0.15, 0.2) is 9.84 Å². The molecule has 0 aliphatic rings. The number of nitro benzene ring substituents is 1. The summed E-state index contributed by atoms with van der Waals surface area (Å²) >= 11 is 6.26. The smallest absolute Gasteiger partial charge is 0.269 e. The van der Waals surface area contributed by atoms with Gasteiger partial charge < -0.3 is 4.74 Å². The molecular weight excluding hydrogens is 402 g/mol. The first-order valence-electron chi connectivity index (χ1n) is 8.29. The van der Waals surface area contributed by atoms with Gasteiger partial charge in [-0.05, 0) is 42.0 Å². The fourth-order valence-electron chi connectivity index (χ4n) is 2.53. The molecule has 144 valence electrons. The summed E-state index contributed by atoms with van der Waals surface area (Å²) in [5.74, 6) is 0.602. The molecule has 0 amide bonds. The van der Waals surface area contributed by atoms with Crippen molar-refractivity contribution < 1.29 is 18.1 Å². The number of non-ortho nitro benzene ring substituents is 1. The Morgan fingerprint density at radius 3 is 1.96 bits per heavy atom. The Kier molecular flexibility index (Phi) is 5.96. The third-order valence-corrected chi connectivity index (χ3v) is 6.34. The van der Waals surface area contributed by atoms with Crippen LogP contribution in [0, 0.1) is 10.1 Å². The SMILES string of the molecule is O=[N+]([O-])c1ccc(Oc2ccc(S(=O)(=O)C[C@H](Cl)c3ccccc3)cc2)cc1. The quantitative estimate of drug-likeness (QED) is 0.301. The lowest BCUT2D eigenvalue weighted by atomic mass is 10.2. The molecule has 0 radical (unpaired) electrons. The maximum Gasteiger partial charge on any atom is 0.269 e. The van der Waals surface area contributed by atoms with E-state index in [0.29, 0.717) is 11.5 Å². The van der Waals surface area contributed by atoms with Crippen molar-refractivity contribution in [2.45, 2.75) is 10.3 Å². The van der Waals surface area contributed by atoms with Crippen LogP contribution in [0.25, 0.3) is 0 Å². The Morgan fingerprint density at radius 2 is 1.43 bits per heavy atom. The van der Waals surface area contributed by atoms with Gasteiger partial charge in [-0.15, -0.1) is 11.6 Å². The van der Waals surface area contributed by atoms with Crippen molar-refractivity contribution in [1.82, 2.24) is 0 Å². The molecule has 6 nitrogen and oxygen atoms in total. The predicted molar refractivity (Wildman–Crippen MR) is 107 cm³/mol. The number of nitro groups is 1. The highest BCUT2D eigenvalue weighted by atomic mass is 35.5. The third-order valence-electron chi connectivity index (χ3n) is 3.99. The van der Waals surface area contributed by atoms with E-state index >= 15 is 0 Å². The van der Waals surface area contributed by atoms with Gasteiger partial charge in [-0.2, -0.15) is 0 Å². The zero-order chi connectivity index (χ0) is 20.1. The van der Waals surface area contributed by atoms with Crippen LogP contribution in [0.1, 0.15) is 10.9 Å². The minimum Gasteiger partial charge on any atom is -0.457 e. The van der Waals surface area contributed by atoms with Crippen molar-refractivity contribution >= 4 is 27.1 Å². The van der Waals surface area contributed by atoms with Gasteiger partial charge in [-0.1, -0.05) is 30.3 Å². The summed E-state index contributed by atoms with van der Waals surface area (Å²) in [7, 11) is -3.57. The van der Waals surface area contributed by atoms with Crippen molar-refractivity contribution in [2.24, 2.45) is 0 Å². The molecule has 0 aliphatic carbocycles. The lowest BCUT2D eigenvalue weighted by Crippen LogP contribution is -2.11. The Morgan fingerprint density at radius 1 is 0.893 bits per heavy atom. The first-order chi connectivity index (χ1) is 13.3. The van der Waals surface area contributed by atoms with Gasteiger partial charge in [0.2, 0.25) is 0 Å². The summed E-state index contributed by atoms with van der Waals surface area (Å²) in [6.45, 7) is 0.